The first-order valence-electron chi connectivity index (χ1n) is 6.51. The fraction of sp³-hybridized carbons (Fsp3) is 0.643. The van der Waals surface area contributed by atoms with Crippen molar-refractivity contribution in [3.8, 4) is 0 Å². The predicted octanol–water partition coefficient (Wildman–Crippen LogP) is 3.07. The lowest BCUT2D eigenvalue weighted by Crippen LogP contribution is -2.33. The molecule has 0 aliphatic carbocycles. The molecule has 0 saturated carbocycles. The summed E-state index contributed by atoms with van der Waals surface area (Å²) in [5.74, 6) is 0. The van der Waals surface area contributed by atoms with Crippen LogP contribution in [0.1, 0.15) is 37.6 Å². The van der Waals surface area contributed by atoms with Gasteiger partial charge in [0.15, 0.2) is 0 Å². The van der Waals surface area contributed by atoms with Crippen molar-refractivity contribution in [3.05, 3.63) is 23.5 Å². The second-order valence-corrected chi connectivity index (χ2v) is 4.85. The fourth-order valence-electron chi connectivity index (χ4n) is 2.35. The van der Waals surface area contributed by atoms with Crippen LogP contribution in [-0.2, 0) is 4.74 Å². The summed E-state index contributed by atoms with van der Waals surface area (Å²) in [6.45, 7) is 7.14. The third-order valence-corrected chi connectivity index (χ3v) is 3.41. The second-order valence-electron chi connectivity index (χ2n) is 4.85. The smallest absolute Gasteiger partial charge is 0.0606 e. The number of aryl methyl sites for hydroxylation is 2. The van der Waals surface area contributed by atoms with Gasteiger partial charge in [-0.25, -0.2) is 0 Å². The SMILES string of the molecule is CCC1CC(Nc2ccc(C)nc2C)CCO1. The highest BCUT2D eigenvalue weighted by Crippen LogP contribution is 2.22. The van der Waals surface area contributed by atoms with Gasteiger partial charge in [-0.15, -0.1) is 0 Å². The molecule has 0 bridgehead atoms. The van der Waals surface area contributed by atoms with Crippen molar-refractivity contribution in [2.45, 2.75) is 52.2 Å². The van der Waals surface area contributed by atoms with E-state index in [0.29, 0.717) is 12.1 Å². The Morgan fingerprint density at radius 1 is 1.41 bits per heavy atom. The number of nitrogens with one attached hydrogen (secondary N) is 1. The Bertz CT molecular complexity index is 378. The molecule has 0 aromatic carbocycles. The molecule has 1 N–H and O–H groups in total. The van der Waals surface area contributed by atoms with E-state index in [9.17, 15) is 0 Å². The van der Waals surface area contributed by atoms with Gasteiger partial charge >= 0.3 is 0 Å². The lowest BCUT2D eigenvalue weighted by molar-refractivity contribution is 0.00924. The van der Waals surface area contributed by atoms with Gasteiger partial charge in [-0.2, -0.15) is 0 Å². The van der Waals surface area contributed by atoms with Gasteiger partial charge in [-0.1, -0.05) is 6.92 Å². The summed E-state index contributed by atoms with van der Waals surface area (Å²) in [6, 6.07) is 4.72. The van der Waals surface area contributed by atoms with Crippen LogP contribution in [0.3, 0.4) is 0 Å². The van der Waals surface area contributed by atoms with Crippen LogP contribution in [0.4, 0.5) is 5.69 Å². The van der Waals surface area contributed by atoms with Crippen LogP contribution < -0.4 is 5.32 Å². The summed E-state index contributed by atoms with van der Waals surface area (Å²) in [7, 11) is 0. The molecular weight excluding hydrogens is 212 g/mol. The number of rotatable bonds is 3. The molecule has 2 heterocycles. The fourth-order valence-corrected chi connectivity index (χ4v) is 2.35. The monoisotopic (exact) mass is 234 g/mol. The molecule has 1 aromatic heterocycles. The molecule has 0 spiro atoms. The topological polar surface area (TPSA) is 34.2 Å². The molecule has 0 radical (unpaired) electrons. The van der Waals surface area contributed by atoms with Crippen LogP contribution in [0.2, 0.25) is 0 Å². The van der Waals surface area contributed by atoms with Crippen molar-refractivity contribution in [1.82, 2.24) is 4.98 Å². The van der Waals surface area contributed by atoms with E-state index in [0.717, 1.165) is 42.9 Å². The Kier molecular flexibility index (Phi) is 4.00. The van der Waals surface area contributed by atoms with Crippen LogP contribution in [0.25, 0.3) is 0 Å². The number of hydrogen-bond acceptors (Lipinski definition) is 3. The maximum Gasteiger partial charge on any atom is 0.0606 e. The van der Waals surface area contributed by atoms with E-state index in [-0.39, 0.29) is 0 Å². The number of pyridine rings is 1. The van der Waals surface area contributed by atoms with Crippen molar-refractivity contribution in [1.29, 1.82) is 0 Å². The predicted molar refractivity (Wildman–Crippen MR) is 70.4 cm³/mol. The molecule has 1 fully saturated rings. The highest BCUT2D eigenvalue weighted by Gasteiger charge is 2.21. The zero-order valence-corrected chi connectivity index (χ0v) is 11.0. The van der Waals surface area contributed by atoms with E-state index < -0.39 is 0 Å². The van der Waals surface area contributed by atoms with E-state index in [1.807, 2.05) is 6.92 Å². The molecular formula is C14H22N2O. The van der Waals surface area contributed by atoms with Crippen molar-refractivity contribution >= 4 is 5.69 Å². The van der Waals surface area contributed by atoms with E-state index >= 15 is 0 Å². The Balaban J connectivity index is 2.00. The second kappa shape index (κ2) is 5.50. The quantitative estimate of drug-likeness (QED) is 0.872. The first-order chi connectivity index (χ1) is 8.19. The summed E-state index contributed by atoms with van der Waals surface area (Å²) in [5.41, 5.74) is 3.33. The largest absolute Gasteiger partial charge is 0.381 e. The van der Waals surface area contributed by atoms with Gasteiger partial charge in [0, 0.05) is 18.3 Å². The Morgan fingerprint density at radius 3 is 2.94 bits per heavy atom. The molecule has 1 aromatic rings. The zero-order valence-electron chi connectivity index (χ0n) is 11.0. The van der Waals surface area contributed by atoms with Crippen molar-refractivity contribution in [3.63, 3.8) is 0 Å². The molecule has 17 heavy (non-hydrogen) atoms. The minimum absolute atomic E-state index is 0.417. The molecule has 0 amide bonds. The Morgan fingerprint density at radius 2 is 2.24 bits per heavy atom. The zero-order chi connectivity index (χ0) is 12.3. The van der Waals surface area contributed by atoms with Gasteiger partial charge in [0.25, 0.3) is 0 Å². The van der Waals surface area contributed by atoms with E-state index in [4.69, 9.17) is 4.74 Å². The Labute approximate surface area is 104 Å². The summed E-state index contributed by atoms with van der Waals surface area (Å²) in [4.78, 5) is 4.48. The average Bonchev–Trinajstić information content (AvgIpc) is 2.33. The number of aromatic nitrogens is 1. The summed E-state index contributed by atoms with van der Waals surface area (Å²) in [5, 5.41) is 3.60. The van der Waals surface area contributed by atoms with Crippen LogP contribution in [0, 0.1) is 13.8 Å². The third kappa shape index (κ3) is 3.19. The molecule has 3 heteroatoms. The van der Waals surface area contributed by atoms with E-state index in [1.165, 1.54) is 0 Å². The Hall–Kier alpha value is -1.09. The highest BCUT2D eigenvalue weighted by molar-refractivity contribution is 5.48. The number of nitrogens with zero attached hydrogens (tertiary/aromatic N) is 1. The number of anilines is 1. The van der Waals surface area contributed by atoms with E-state index in [1.54, 1.807) is 0 Å². The standard InChI is InChI=1S/C14H22N2O/c1-4-13-9-12(7-8-17-13)16-14-6-5-10(2)15-11(14)3/h5-6,12-13,16H,4,7-9H2,1-3H3. The summed E-state index contributed by atoms with van der Waals surface area (Å²) in [6.07, 6.45) is 3.71. The van der Waals surface area contributed by atoms with Crippen LogP contribution in [0.5, 0.6) is 0 Å². The highest BCUT2D eigenvalue weighted by atomic mass is 16.5. The number of ether oxygens (including phenoxy) is 1. The molecule has 2 rings (SSSR count). The molecule has 1 saturated heterocycles. The molecule has 2 unspecified atom stereocenters. The van der Waals surface area contributed by atoms with E-state index in [2.05, 4.69) is 36.3 Å². The van der Waals surface area contributed by atoms with Crippen molar-refractivity contribution < 1.29 is 4.74 Å². The van der Waals surface area contributed by atoms with Gasteiger partial charge in [-0.3, -0.25) is 4.98 Å². The average molecular weight is 234 g/mol. The normalized spacial score (nSPS) is 24.6. The first-order valence-corrected chi connectivity index (χ1v) is 6.51. The lowest BCUT2D eigenvalue weighted by atomic mass is 10.0. The summed E-state index contributed by atoms with van der Waals surface area (Å²) < 4.78 is 5.69. The van der Waals surface area contributed by atoms with Gasteiger partial charge in [-0.05, 0) is 45.2 Å². The minimum atomic E-state index is 0.417. The molecule has 1 aliphatic heterocycles. The minimum Gasteiger partial charge on any atom is -0.381 e. The molecule has 2 atom stereocenters. The number of hydrogen-bond donors (Lipinski definition) is 1. The molecule has 3 nitrogen and oxygen atoms in total. The van der Waals surface area contributed by atoms with Crippen molar-refractivity contribution in [2.24, 2.45) is 0 Å². The molecule has 94 valence electrons. The maximum atomic E-state index is 5.69. The van der Waals surface area contributed by atoms with Gasteiger partial charge < -0.3 is 10.1 Å². The van der Waals surface area contributed by atoms with Crippen LogP contribution in [0.15, 0.2) is 12.1 Å². The van der Waals surface area contributed by atoms with Crippen LogP contribution in [-0.4, -0.2) is 23.7 Å². The van der Waals surface area contributed by atoms with Crippen molar-refractivity contribution in [2.75, 3.05) is 11.9 Å². The first kappa shape index (κ1) is 12.4. The van der Waals surface area contributed by atoms with Gasteiger partial charge in [0.05, 0.1) is 17.5 Å². The molecule has 1 aliphatic rings. The third-order valence-electron chi connectivity index (χ3n) is 3.41. The van der Waals surface area contributed by atoms with Gasteiger partial charge in [0.1, 0.15) is 0 Å². The van der Waals surface area contributed by atoms with Gasteiger partial charge in [0.2, 0.25) is 0 Å². The van der Waals surface area contributed by atoms with Crippen LogP contribution >= 0.6 is 0 Å². The lowest BCUT2D eigenvalue weighted by Gasteiger charge is -2.30. The summed E-state index contributed by atoms with van der Waals surface area (Å²) >= 11 is 0. The maximum absolute atomic E-state index is 5.69.